The topological polar surface area (TPSA) is 156 Å². The Balaban J connectivity index is 1.44. The minimum absolute atomic E-state index is 0.00549. The fourth-order valence-corrected chi connectivity index (χ4v) is 19.6. The van der Waals surface area contributed by atoms with Crippen LogP contribution in [0, 0.1) is 11.8 Å². The summed E-state index contributed by atoms with van der Waals surface area (Å²) < 4.78 is 79.9. The Morgan fingerprint density at radius 2 is 1.22 bits per heavy atom. The van der Waals surface area contributed by atoms with Gasteiger partial charge in [-0.1, -0.05) is 152 Å². The first-order valence-corrected chi connectivity index (χ1v) is 50.8. The average molecular weight is 1470 g/mol. The number of Topliss-reactive ketones (excluding diaryl/α,β-unsaturated/α-hetero) is 1. The van der Waals surface area contributed by atoms with Gasteiger partial charge in [-0.25, -0.2) is 0 Å². The van der Waals surface area contributed by atoms with Gasteiger partial charge in [0.15, 0.2) is 41.6 Å². The van der Waals surface area contributed by atoms with E-state index in [1.165, 1.54) is 0 Å². The third kappa shape index (κ3) is 20.3. The van der Waals surface area contributed by atoms with Crippen molar-refractivity contribution in [3.63, 3.8) is 0 Å². The number of aliphatic hydroxyl groups excluding tert-OH is 1. The number of hydrogen-bond donors (Lipinski definition) is 1. The molecule has 5 fully saturated rings. The predicted molar refractivity (Wildman–Crippen MR) is 388 cm³/mol. The molecule has 0 bridgehead atoms. The zero-order chi connectivity index (χ0) is 68.4. The zero-order valence-electron chi connectivity index (χ0n) is 61.9. The molecule has 0 aromatic rings. The number of allylic oxidation sites excluding steroid dienone is 2. The molecule has 14 nitrogen and oxygen atoms in total. The molecular formula is C70H133IO14Si5. The number of rotatable bonds is 30. The second-order valence-electron chi connectivity index (χ2n) is 35.7. The molecule has 5 saturated heterocycles. The maximum Gasteiger partial charge on any atom is 0.193 e. The van der Waals surface area contributed by atoms with Crippen LogP contribution >= 0.6 is 22.6 Å². The quantitative estimate of drug-likeness (QED) is 0.0138. The molecule has 8 unspecified atom stereocenters. The van der Waals surface area contributed by atoms with Crippen molar-refractivity contribution in [2.24, 2.45) is 11.8 Å². The molecule has 0 spiro atoms. The van der Waals surface area contributed by atoms with Gasteiger partial charge < -0.3 is 60.5 Å². The van der Waals surface area contributed by atoms with Crippen LogP contribution in [0.15, 0.2) is 24.5 Å². The first-order chi connectivity index (χ1) is 41.0. The molecule has 20 heteroatoms. The maximum absolute atomic E-state index is 14.9. The molecule has 5 aliphatic heterocycles. The lowest BCUT2D eigenvalue weighted by Gasteiger charge is -2.56. The standard InChI is InChI=1S/C70H133IO14Si5/c1-47(48(2)73)40-51-35-37-59-70(46-71,81-51)44-52(77-59)32-30-29-31-33-57(83-88(23,24)67(9,10)11)62-64(85-90(27,28)69(15,16)17)63(84-89(25,26)68(12,13)14)61-56(80-62)36-34-50(78-61)41-49(74)42-54-55(38-39-72)79-58(60(54)75-18)43-53(82-87(21,22)66(6,7)8)45-76-86(19,20)65(3,4)5/h31,33,39,47,50-64,73H,2,29-30,32,34-38,40-46H2,1,3-28H3/b33-31+/t47-,50?,51?,52?,53?,54+,55?,56+,57+,58-,59+,60-,61+,62+,63?,64?,70?/m1/s1. The first-order valence-electron chi connectivity index (χ1n) is 34.7. The van der Waals surface area contributed by atoms with E-state index in [1.807, 2.05) is 6.92 Å². The van der Waals surface area contributed by atoms with Crippen LogP contribution in [0.3, 0.4) is 0 Å². The van der Waals surface area contributed by atoms with E-state index in [9.17, 15) is 14.7 Å². The number of ether oxygens (including phenoxy) is 6. The van der Waals surface area contributed by atoms with Crippen LogP contribution in [-0.4, -0.2) is 168 Å². The zero-order valence-corrected chi connectivity index (χ0v) is 69.1. The molecule has 0 amide bonds. The molecule has 524 valence electrons. The van der Waals surface area contributed by atoms with Gasteiger partial charge in [0.25, 0.3) is 0 Å². The van der Waals surface area contributed by atoms with Gasteiger partial charge >= 0.3 is 0 Å². The monoisotopic (exact) mass is 1460 g/mol. The number of hydrogen-bond acceptors (Lipinski definition) is 14. The number of aldehydes is 1. The van der Waals surface area contributed by atoms with Crippen molar-refractivity contribution in [1.29, 1.82) is 0 Å². The van der Waals surface area contributed by atoms with E-state index in [1.54, 1.807) is 7.11 Å². The molecule has 0 aromatic carbocycles. The fraction of sp³-hybridized carbons (Fsp3) is 0.914. The van der Waals surface area contributed by atoms with Crippen LogP contribution in [0.5, 0.6) is 0 Å². The summed E-state index contributed by atoms with van der Waals surface area (Å²) >= 11 is 2.48. The highest BCUT2D eigenvalue weighted by atomic mass is 127. The largest absolute Gasteiger partial charge is 0.513 e. The summed E-state index contributed by atoms with van der Waals surface area (Å²) in [5.41, 5.74) is -0.309. The van der Waals surface area contributed by atoms with Gasteiger partial charge in [0, 0.05) is 55.5 Å². The van der Waals surface area contributed by atoms with E-state index < -0.39 is 96.5 Å². The van der Waals surface area contributed by atoms with E-state index in [0.29, 0.717) is 25.9 Å². The van der Waals surface area contributed by atoms with E-state index in [-0.39, 0.29) is 104 Å². The lowest BCUT2D eigenvalue weighted by Crippen LogP contribution is -2.69. The van der Waals surface area contributed by atoms with E-state index in [4.69, 9.17) is 50.6 Å². The average Bonchev–Trinajstić information content (AvgIpc) is 0.889. The summed E-state index contributed by atoms with van der Waals surface area (Å²) in [5.74, 6) is -0.0657. The van der Waals surface area contributed by atoms with Crippen LogP contribution < -0.4 is 0 Å². The number of alkyl halides is 1. The van der Waals surface area contributed by atoms with Crippen LogP contribution in [0.4, 0.5) is 0 Å². The lowest BCUT2D eigenvalue weighted by atomic mass is 9.85. The molecule has 5 rings (SSSR count). The number of carbonyl (C=O) groups is 2. The summed E-state index contributed by atoms with van der Waals surface area (Å²) in [6.45, 7) is 63.4. The number of methoxy groups -OCH3 is 1. The summed E-state index contributed by atoms with van der Waals surface area (Å²) in [7, 11) is -10.3. The minimum atomic E-state index is -2.56. The van der Waals surface area contributed by atoms with Gasteiger partial charge in [0.1, 0.15) is 42.1 Å². The Morgan fingerprint density at radius 1 is 0.667 bits per heavy atom. The van der Waals surface area contributed by atoms with E-state index in [0.717, 1.165) is 55.7 Å². The third-order valence-electron chi connectivity index (χ3n) is 23.5. The highest BCUT2D eigenvalue weighted by Crippen LogP contribution is 2.50. The Hall–Kier alpha value is -0.00558. The van der Waals surface area contributed by atoms with Crippen molar-refractivity contribution in [3.8, 4) is 0 Å². The number of carbonyl (C=O) groups excluding carboxylic acids is 2. The van der Waals surface area contributed by atoms with Crippen LogP contribution in [-0.2, 0) is 60.1 Å². The number of unbranched alkanes of at least 4 members (excludes halogenated alkanes) is 1. The Kier molecular flexibility index (Phi) is 27.8. The molecule has 0 aromatic heterocycles. The molecule has 0 radical (unpaired) electrons. The van der Waals surface area contributed by atoms with Crippen LogP contribution in [0.1, 0.15) is 194 Å². The fourth-order valence-electron chi connectivity index (χ4n) is 12.4. The van der Waals surface area contributed by atoms with Gasteiger partial charge in [-0.05, 0) is 142 Å². The highest BCUT2D eigenvalue weighted by Gasteiger charge is 2.59. The van der Waals surface area contributed by atoms with Gasteiger partial charge in [0.05, 0.1) is 73.4 Å². The van der Waals surface area contributed by atoms with E-state index in [2.05, 4.69) is 211 Å². The van der Waals surface area contributed by atoms with Gasteiger partial charge in [0.2, 0.25) is 0 Å². The van der Waals surface area contributed by atoms with Gasteiger partial charge in [-0.3, -0.25) is 4.79 Å². The predicted octanol–water partition coefficient (Wildman–Crippen LogP) is 17.9. The normalized spacial score (nSPS) is 31.5. The number of halogens is 1. The van der Waals surface area contributed by atoms with Crippen molar-refractivity contribution in [2.75, 3.05) is 18.1 Å². The summed E-state index contributed by atoms with van der Waals surface area (Å²) in [6.07, 6.45) is 9.61. The van der Waals surface area contributed by atoms with Gasteiger partial charge in [-0.2, -0.15) is 0 Å². The molecule has 0 saturated carbocycles. The van der Waals surface area contributed by atoms with Crippen molar-refractivity contribution in [1.82, 2.24) is 0 Å². The Morgan fingerprint density at radius 3 is 1.76 bits per heavy atom. The Bertz CT molecular complexity index is 2350. The number of aliphatic hydroxyl groups is 1. The summed E-state index contributed by atoms with van der Waals surface area (Å²) in [5, 5.41) is 9.73. The smallest absolute Gasteiger partial charge is 0.193 e. The first kappa shape index (κ1) is 80.7. The molecule has 5 aliphatic rings. The maximum atomic E-state index is 14.9. The number of fused-ring (bicyclic) bond motifs is 2. The highest BCUT2D eigenvalue weighted by molar-refractivity contribution is 14.1. The van der Waals surface area contributed by atoms with Crippen molar-refractivity contribution in [2.45, 2.75) is 376 Å². The molecule has 90 heavy (non-hydrogen) atoms. The van der Waals surface area contributed by atoms with Crippen LogP contribution in [0.2, 0.25) is 90.7 Å². The minimum Gasteiger partial charge on any atom is -0.513 e. The molecule has 5 heterocycles. The van der Waals surface area contributed by atoms with Gasteiger partial charge in [-0.15, -0.1) is 0 Å². The van der Waals surface area contributed by atoms with Crippen molar-refractivity contribution < 1.29 is 65.2 Å². The van der Waals surface area contributed by atoms with Crippen molar-refractivity contribution in [3.05, 3.63) is 24.5 Å². The molecule has 17 atom stereocenters. The molecule has 1 N–H and O–H groups in total. The summed E-state index contributed by atoms with van der Waals surface area (Å²) in [6, 6.07) is 0. The molecule has 0 aliphatic carbocycles. The third-order valence-corrected chi connectivity index (χ3v) is 47.2. The SMILES string of the molecule is C=C(O)[C@H](C)CC1CC[C@@H]2OC(CCC/C=C/[C@H](O[Si](C)(C)C(C)(C)C)[C@@H]3O[C@H]4CCC(CC(=O)C[C@H]5C(CC=O)O[C@H](CC(CO[Si](C)(C)C(C)(C)C)O[Si](C)(C)C(C)(C)C)[C@@H]5OC)O[C@@H]4C(O[Si](C)(C)C(C)(C)C)C3O[Si](C)(C)C(C)(C)C)CC2(CI)O1. The second kappa shape index (κ2) is 31.0. The second-order valence-corrected chi connectivity index (χ2v) is 60.3. The van der Waals surface area contributed by atoms with E-state index >= 15 is 0 Å². The van der Waals surface area contributed by atoms with Crippen LogP contribution in [0.25, 0.3) is 0 Å². The molecular weight excluding hydrogens is 1330 g/mol. The lowest BCUT2D eigenvalue weighted by molar-refractivity contribution is -0.266. The van der Waals surface area contributed by atoms with Crippen molar-refractivity contribution >= 4 is 76.2 Å². The Labute approximate surface area is 568 Å². The summed E-state index contributed by atoms with van der Waals surface area (Å²) in [4.78, 5) is 27.3. The number of ketones is 1.